The fourth-order valence-corrected chi connectivity index (χ4v) is 2.99. The Balaban J connectivity index is 1.57. The zero-order valence-corrected chi connectivity index (χ0v) is 14.8. The second kappa shape index (κ2) is 8.50. The maximum atomic E-state index is 12.2. The number of rotatable bonds is 7. The van der Waals surface area contributed by atoms with Crippen molar-refractivity contribution in [2.45, 2.75) is 19.4 Å². The number of hydrogen-bond acceptors (Lipinski definition) is 3. The zero-order valence-electron chi connectivity index (χ0n) is 14.8. The maximum absolute atomic E-state index is 12.2. The van der Waals surface area contributed by atoms with E-state index in [1.807, 2.05) is 49.4 Å². The van der Waals surface area contributed by atoms with Crippen LogP contribution in [0, 0.1) is 0 Å². The lowest BCUT2D eigenvalue weighted by Crippen LogP contribution is -2.25. The Bertz CT molecular complexity index is 869. The Morgan fingerprint density at radius 1 is 1.04 bits per heavy atom. The normalized spacial score (nSPS) is 11.9. The van der Waals surface area contributed by atoms with E-state index in [2.05, 4.69) is 5.32 Å². The van der Waals surface area contributed by atoms with Crippen molar-refractivity contribution >= 4 is 16.7 Å². The van der Waals surface area contributed by atoms with Crippen molar-refractivity contribution in [3.8, 4) is 5.75 Å². The highest BCUT2D eigenvalue weighted by molar-refractivity contribution is 5.94. The van der Waals surface area contributed by atoms with Gasteiger partial charge in [0.05, 0.1) is 12.7 Å². The number of nitrogens with one attached hydrogen (secondary N) is 1. The van der Waals surface area contributed by atoms with E-state index in [-0.39, 0.29) is 5.91 Å². The first-order valence-corrected chi connectivity index (χ1v) is 8.86. The number of amides is 1. The molecule has 0 aromatic heterocycles. The van der Waals surface area contributed by atoms with Crippen LogP contribution in [0.1, 0.15) is 35.4 Å². The number of carbonyl (C=O) groups excluding carboxylic acids is 1. The third-order valence-corrected chi connectivity index (χ3v) is 4.31. The van der Waals surface area contributed by atoms with Gasteiger partial charge in [-0.2, -0.15) is 0 Å². The second-order valence-electron chi connectivity index (χ2n) is 6.09. The lowest BCUT2D eigenvalue weighted by Gasteiger charge is -2.14. The fourth-order valence-electron chi connectivity index (χ4n) is 2.99. The van der Waals surface area contributed by atoms with E-state index < -0.39 is 6.10 Å². The first-order valence-electron chi connectivity index (χ1n) is 8.86. The molecule has 0 saturated heterocycles. The van der Waals surface area contributed by atoms with Gasteiger partial charge in [-0.25, -0.2) is 0 Å². The maximum Gasteiger partial charge on any atom is 0.251 e. The highest BCUT2D eigenvalue weighted by Gasteiger charge is 2.12. The van der Waals surface area contributed by atoms with Crippen molar-refractivity contribution < 1.29 is 14.6 Å². The number of aliphatic hydroxyl groups excluding tert-OH is 1. The van der Waals surface area contributed by atoms with Gasteiger partial charge in [-0.3, -0.25) is 4.79 Å². The highest BCUT2D eigenvalue weighted by Crippen LogP contribution is 2.25. The number of hydrogen-bond donors (Lipinski definition) is 2. The van der Waals surface area contributed by atoms with E-state index in [9.17, 15) is 9.90 Å². The van der Waals surface area contributed by atoms with Gasteiger partial charge in [0.2, 0.25) is 0 Å². The molecule has 0 saturated carbocycles. The Morgan fingerprint density at radius 3 is 2.54 bits per heavy atom. The molecule has 3 aromatic rings. The third kappa shape index (κ3) is 4.21. The van der Waals surface area contributed by atoms with Gasteiger partial charge >= 0.3 is 0 Å². The molecule has 1 atom stereocenters. The van der Waals surface area contributed by atoms with Crippen LogP contribution >= 0.6 is 0 Å². The van der Waals surface area contributed by atoms with Crippen LogP contribution in [0.2, 0.25) is 0 Å². The van der Waals surface area contributed by atoms with Crippen molar-refractivity contribution in [2.75, 3.05) is 13.2 Å². The van der Waals surface area contributed by atoms with Gasteiger partial charge in [0, 0.05) is 12.1 Å². The summed E-state index contributed by atoms with van der Waals surface area (Å²) in [6.45, 7) is 2.91. The average Bonchev–Trinajstić information content (AvgIpc) is 2.68. The van der Waals surface area contributed by atoms with E-state index in [0.29, 0.717) is 25.1 Å². The predicted octanol–water partition coefficient (Wildman–Crippen LogP) is 4.09. The molecule has 0 aliphatic carbocycles. The quantitative estimate of drug-likeness (QED) is 0.675. The lowest BCUT2D eigenvalue weighted by molar-refractivity contribution is 0.0943. The molecular weight excluding hydrogens is 326 g/mol. The summed E-state index contributed by atoms with van der Waals surface area (Å²) in [6.07, 6.45) is -0.168. The molecule has 1 unspecified atom stereocenters. The summed E-state index contributed by atoms with van der Waals surface area (Å²) in [4.78, 5) is 12.2. The molecule has 3 rings (SSSR count). The standard InChI is InChI=1S/C22H23NO3/c1-2-26-18-12-10-17(11-13-18)22(25)23-15-14-21(24)20-9-5-7-16-6-3-4-8-19(16)20/h3-13,21,24H,2,14-15H2,1H3,(H,23,25). The van der Waals surface area contributed by atoms with Crippen molar-refractivity contribution in [2.24, 2.45) is 0 Å². The molecule has 0 bridgehead atoms. The van der Waals surface area contributed by atoms with E-state index in [1.165, 1.54) is 0 Å². The zero-order chi connectivity index (χ0) is 18.4. The van der Waals surface area contributed by atoms with Crippen molar-refractivity contribution in [3.63, 3.8) is 0 Å². The Kier molecular flexibility index (Phi) is 5.87. The molecule has 0 spiro atoms. The summed E-state index contributed by atoms with van der Waals surface area (Å²) in [5.74, 6) is 0.591. The predicted molar refractivity (Wildman–Crippen MR) is 103 cm³/mol. The number of ether oxygens (including phenoxy) is 1. The Labute approximate surface area is 153 Å². The van der Waals surface area contributed by atoms with Crippen LogP contribution in [0.5, 0.6) is 5.75 Å². The summed E-state index contributed by atoms with van der Waals surface area (Å²) in [7, 11) is 0. The topological polar surface area (TPSA) is 58.6 Å². The van der Waals surface area contributed by atoms with Crippen LogP contribution in [0.25, 0.3) is 10.8 Å². The van der Waals surface area contributed by atoms with Crippen LogP contribution in [0.3, 0.4) is 0 Å². The van der Waals surface area contributed by atoms with Gasteiger partial charge in [-0.1, -0.05) is 42.5 Å². The van der Waals surface area contributed by atoms with E-state index in [4.69, 9.17) is 4.74 Å². The molecule has 134 valence electrons. The van der Waals surface area contributed by atoms with Crippen molar-refractivity contribution in [1.29, 1.82) is 0 Å². The van der Waals surface area contributed by atoms with Crippen LogP contribution in [0.4, 0.5) is 0 Å². The van der Waals surface area contributed by atoms with Crippen molar-refractivity contribution in [3.05, 3.63) is 77.9 Å². The van der Waals surface area contributed by atoms with Gasteiger partial charge in [-0.15, -0.1) is 0 Å². The Morgan fingerprint density at radius 2 is 1.77 bits per heavy atom. The van der Waals surface area contributed by atoms with Gasteiger partial charge in [0.25, 0.3) is 5.91 Å². The molecule has 0 fully saturated rings. The van der Waals surface area contributed by atoms with E-state index in [1.54, 1.807) is 24.3 Å². The lowest BCUT2D eigenvalue weighted by atomic mass is 9.99. The van der Waals surface area contributed by atoms with E-state index >= 15 is 0 Å². The first-order chi connectivity index (χ1) is 12.7. The molecule has 1 amide bonds. The summed E-state index contributed by atoms with van der Waals surface area (Å²) >= 11 is 0. The first kappa shape index (κ1) is 18.0. The summed E-state index contributed by atoms with van der Waals surface area (Å²) in [5, 5.41) is 15.5. The summed E-state index contributed by atoms with van der Waals surface area (Å²) in [5.41, 5.74) is 1.46. The summed E-state index contributed by atoms with van der Waals surface area (Å²) < 4.78 is 5.37. The number of carbonyl (C=O) groups is 1. The highest BCUT2D eigenvalue weighted by atomic mass is 16.5. The summed E-state index contributed by atoms with van der Waals surface area (Å²) in [6, 6.07) is 20.9. The minimum atomic E-state index is -0.623. The molecule has 4 heteroatoms. The molecular formula is C22H23NO3. The molecule has 0 aliphatic heterocycles. The van der Waals surface area contributed by atoms with Gasteiger partial charge < -0.3 is 15.2 Å². The molecule has 26 heavy (non-hydrogen) atoms. The SMILES string of the molecule is CCOc1ccc(C(=O)NCCC(O)c2cccc3ccccc23)cc1. The Hall–Kier alpha value is -2.85. The average molecular weight is 349 g/mol. The largest absolute Gasteiger partial charge is 0.494 e. The number of aliphatic hydroxyl groups is 1. The molecule has 4 nitrogen and oxygen atoms in total. The fraction of sp³-hybridized carbons (Fsp3) is 0.227. The molecule has 0 heterocycles. The molecule has 3 aromatic carbocycles. The minimum Gasteiger partial charge on any atom is -0.494 e. The third-order valence-electron chi connectivity index (χ3n) is 4.31. The van der Waals surface area contributed by atoms with Gasteiger partial charge in [0.1, 0.15) is 5.75 Å². The van der Waals surface area contributed by atoms with Crippen LogP contribution in [-0.4, -0.2) is 24.2 Å². The van der Waals surface area contributed by atoms with Crippen molar-refractivity contribution in [1.82, 2.24) is 5.32 Å². The minimum absolute atomic E-state index is 0.154. The molecule has 0 aliphatic rings. The number of benzene rings is 3. The van der Waals surface area contributed by atoms with Crippen LogP contribution < -0.4 is 10.1 Å². The monoisotopic (exact) mass is 349 g/mol. The molecule has 2 N–H and O–H groups in total. The van der Waals surface area contributed by atoms with Gasteiger partial charge in [-0.05, 0) is 53.9 Å². The van der Waals surface area contributed by atoms with Gasteiger partial charge in [0.15, 0.2) is 0 Å². The molecule has 0 radical (unpaired) electrons. The van der Waals surface area contributed by atoms with Crippen LogP contribution in [-0.2, 0) is 0 Å². The van der Waals surface area contributed by atoms with Crippen LogP contribution in [0.15, 0.2) is 66.7 Å². The number of fused-ring (bicyclic) bond motifs is 1. The van der Waals surface area contributed by atoms with E-state index in [0.717, 1.165) is 22.1 Å². The second-order valence-corrected chi connectivity index (χ2v) is 6.09. The smallest absolute Gasteiger partial charge is 0.251 e.